The number of ether oxygens (including phenoxy) is 3. The number of carbonyl (C=O) groups is 2. The highest BCUT2D eigenvalue weighted by Gasteiger charge is 2.66. The minimum Gasteiger partial charge on any atom is -0.494 e. The fourth-order valence-electron chi connectivity index (χ4n) is 6.33. The summed E-state index contributed by atoms with van der Waals surface area (Å²) in [4.78, 5) is 27.8. The van der Waals surface area contributed by atoms with E-state index in [2.05, 4.69) is 36.7 Å². The van der Waals surface area contributed by atoms with Crippen molar-refractivity contribution in [1.29, 1.82) is 0 Å². The van der Waals surface area contributed by atoms with Crippen molar-refractivity contribution in [3.05, 3.63) is 81.6 Å². The first-order chi connectivity index (χ1) is 21.4. The van der Waals surface area contributed by atoms with E-state index < -0.39 is 35.5 Å². The van der Waals surface area contributed by atoms with Gasteiger partial charge >= 0.3 is 6.09 Å². The molecule has 1 fully saturated rings. The zero-order chi connectivity index (χ0) is 32.5. The van der Waals surface area contributed by atoms with Crippen molar-refractivity contribution in [3.8, 4) is 11.5 Å². The highest BCUT2D eigenvalue weighted by molar-refractivity contribution is 7.98. The van der Waals surface area contributed by atoms with Crippen LogP contribution in [-0.2, 0) is 14.9 Å². The van der Waals surface area contributed by atoms with E-state index in [1.807, 2.05) is 6.26 Å². The monoisotopic (exact) mass is 675 g/mol. The zero-order valence-electron chi connectivity index (χ0n) is 25.6. The maximum absolute atomic E-state index is 15.9. The molecule has 3 N–H and O–H groups in total. The molecule has 8 nitrogen and oxygen atoms in total. The van der Waals surface area contributed by atoms with Gasteiger partial charge in [-0.25, -0.2) is 9.18 Å². The summed E-state index contributed by atoms with van der Waals surface area (Å²) in [6.45, 7) is 6.67. The van der Waals surface area contributed by atoms with Gasteiger partial charge in [-0.1, -0.05) is 62.2 Å². The number of hydrogen-bond acceptors (Lipinski definition) is 7. The molecule has 0 unspecified atom stereocenters. The molecule has 5 rings (SSSR count). The Morgan fingerprint density at radius 3 is 2.62 bits per heavy atom. The van der Waals surface area contributed by atoms with Gasteiger partial charge in [-0.15, -0.1) is 0 Å². The smallest absolute Gasteiger partial charge is 0.413 e. The van der Waals surface area contributed by atoms with Gasteiger partial charge in [0.1, 0.15) is 22.7 Å². The Labute approximate surface area is 276 Å². The fraction of sp³-hybridized carbons (Fsp3) is 0.394. The van der Waals surface area contributed by atoms with Crippen LogP contribution in [0.4, 0.5) is 20.6 Å². The van der Waals surface area contributed by atoms with E-state index in [1.54, 1.807) is 60.3 Å². The Balaban J connectivity index is 1.55. The van der Waals surface area contributed by atoms with Gasteiger partial charge in [0.25, 0.3) is 0 Å². The van der Waals surface area contributed by atoms with Crippen LogP contribution >= 0.6 is 35.0 Å². The summed E-state index contributed by atoms with van der Waals surface area (Å²) in [6, 6.07) is 14.3. The third kappa shape index (κ3) is 6.56. The molecule has 2 aliphatic rings. The van der Waals surface area contributed by atoms with E-state index in [-0.39, 0.29) is 21.9 Å². The van der Waals surface area contributed by atoms with E-state index in [0.717, 1.165) is 5.75 Å². The number of halogens is 3. The number of hydrogen-bond donors (Lipinski definition) is 3. The SMILES string of the molecule is COc1cc(OCCSC)ccc1NC(=O)O[C@H]1N[C@@H](CC(C)(C)C)[C@@]2(C(=O)Nc3cc(Cl)ccc32)[C@H]1c1cccc(Cl)c1F. The van der Waals surface area contributed by atoms with E-state index in [1.165, 1.54) is 13.2 Å². The van der Waals surface area contributed by atoms with Crippen LogP contribution < -0.4 is 25.4 Å². The van der Waals surface area contributed by atoms with Crippen LogP contribution in [-0.4, -0.2) is 50.0 Å². The number of benzene rings is 3. The lowest BCUT2D eigenvalue weighted by molar-refractivity contribution is -0.122. The Morgan fingerprint density at radius 2 is 1.91 bits per heavy atom. The Morgan fingerprint density at radius 1 is 1.13 bits per heavy atom. The second-order valence-corrected chi connectivity index (χ2v) is 14.1. The summed E-state index contributed by atoms with van der Waals surface area (Å²) in [6.07, 6.45) is 0.538. The van der Waals surface area contributed by atoms with Gasteiger partial charge in [0, 0.05) is 28.6 Å². The molecule has 3 aromatic carbocycles. The maximum Gasteiger partial charge on any atom is 0.413 e. The zero-order valence-corrected chi connectivity index (χ0v) is 28.0. The first-order valence-electron chi connectivity index (χ1n) is 14.5. The van der Waals surface area contributed by atoms with Crippen LogP contribution in [0.1, 0.15) is 44.2 Å². The molecule has 0 bridgehead atoms. The first kappa shape index (κ1) is 33.2. The van der Waals surface area contributed by atoms with Crippen LogP contribution in [0, 0.1) is 11.2 Å². The van der Waals surface area contributed by atoms with E-state index in [4.69, 9.17) is 37.4 Å². The van der Waals surface area contributed by atoms with E-state index >= 15 is 4.39 Å². The topological polar surface area (TPSA) is 97.9 Å². The third-order valence-corrected chi connectivity index (χ3v) is 9.19. The van der Waals surface area contributed by atoms with Crippen molar-refractivity contribution in [3.63, 3.8) is 0 Å². The molecule has 2 heterocycles. The van der Waals surface area contributed by atoms with Crippen molar-refractivity contribution in [2.24, 2.45) is 5.41 Å². The summed E-state index contributed by atoms with van der Waals surface area (Å²) in [5.41, 5.74) is 0.0246. The second kappa shape index (κ2) is 13.3. The minimum atomic E-state index is -1.36. The third-order valence-electron chi connectivity index (χ3n) is 8.09. The minimum absolute atomic E-state index is 0.107. The number of fused-ring (bicyclic) bond motifs is 2. The molecule has 0 aromatic heterocycles. The number of rotatable bonds is 9. The van der Waals surface area contributed by atoms with Crippen molar-refractivity contribution < 1.29 is 28.2 Å². The van der Waals surface area contributed by atoms with Gasteiger partial charge in [-0.3, -0.25) is 15.4 Å². The van der Waals surface area contributed by atoms with E-state index in [0.29, 0.717) is 46.5 Å². The molecule has 0 radical (unpaired) electrons. The molecule has 1 saturated heterocycles. The molecule has 12 heteroatoms. The van der Waals surface area contributed by atoms with Crippen molar-refractivity contribution in [2.75, 3.05) is 36.4 Å². The highest BCUT2D eigenvalue weighted by Crippen LogP contribution is 2.57. The van der Waals surface area contributed by atoms with Gasteiger partial charge in [-0.2, -0.15) is 11.8 Å². The van der Waals surface area contributed by atoms with Crippen molar-refractivity contribution in [2.45, 2.75) is 50.8 Å². The molecule has 4 atom stereocenters. The predicted octanol–water partition coefficient (Wildman–Crippen LogP) is 7.84. The summed E-state index contributed by atoms with van der Waals surface area (Å²) in [5.74, 6) is -0.253. The lowest BCUT2D eigenvalue weighted by Gasteiger charge is -2.37. The lowest BCUT2D eigenvalue weighted by Crippen LogP contribution is -2.49. The van der Waals surface area contributed by atoms with Gasteiger partial charge in [-0.05, 0) is 59.6 Å². The summed E-state index contributed by atoms with van der Waals surface area (Å²) >= 11 is 14.3. The Bertz CT molecular complexity index is 1600. The standard InChI is InChI=1S/C33H36Cl2FN3O5S/c1-32(2,3)17-26-33(21-11-9-18(34)15-24(21)37-30(33)40)27(20-7-6-8-22(35)28(20)36)29(39-26)44-31(41)38-23-12-10-19(16-25(23)42-4)43-13-14-45-5/h6-12,15-16,26-27,29,39H,13-14,17H2,1-5H3,(H,37,40)(H,38,41)/t26-,27-,29+,33+/m0/s1. The number of methoxy groups -OCH3 is 1. The molecule has 240 valence electrons. The molecule has 2 amide bonds. The van der Waals surface area contributed by atoms with Gasteiger partial charge < -0.3 is 19.5 Å². The maximum atomic E-state index is 15.9. The van der Waals surface area contributed by atoms with Gasteiger partial charge in [0.05, 0.1) is 30.3 Å². The highest BCUT2D eigenvalue weighted by atomic mass is 35.5. The number of nitrogens with one attached hydrogen (secondary N) is 3. The number of anilines is 2. The van der Waals surface area contributed by atoms with Gasteiger partial charge in [0.2, 0.25) is 5.91 Å². The predicted molar refractivity (Wildman–Crippen MR) is 178 cm³/mol. The summed E-state index contributed by atoms with van der Waals surface area (Å²) < 4.78 is 33.2. The molecule has 0 aliphatic carbocycles. The van der Waals surface area contributed by atoms with Crippen LogP contribution in [0.2, 0.25) is 10.0 Å². The summed E-state index contributed by atoms with van der Waals surface area (Å²) in [7, 11) is 1.48. The van der Waals surface area contributed by atoms with Crippen LogP contribution in [0.15, 0.2) is 54.6 Å². The lowest BCUT2D eigenvalue weighted by atomic mass is 9.63. The molecular weight excluding hydrogens is 640 g/mol. The quantitative estimate of drug-likeness (QED) is 0.199. The molecule has 1 spiro atoms. The van der Waals surface area contributed by atoms with Crippen molar-refractivity contribution >= 4 is 58.3 Å². The molecule has 3 aromatic rings. The second-order valence-electron chi connectivity index (χ2n) is 12.3. The Hall–Kier alpha value is -3.18. The molecule has 45 heavy (non-hydrogen) atoms. The summed E-state index contributed by atoms with van der Waals surface area (Å²) in [5, 5.41) is 9.44. The van der Waals surface area contributed by atoms with Gasteiger partial charge in [0.15, 0.2) is 6.23 Å². The van der Waals surface area contributed by atoms with Crippen molar-refractivity contribution in [1.82, 2.24) is 5.32 Å². The number of thioether (sulfide) groups is 1. The normalized spacial score (nSPS) is 22.2. The average molecular weight is 677 g/mol. The van der Waals surface area contributed by atoms with Crippen LogP contribution in [0.3, 0.4) is 0 Å². The molecular formula is C33H36Cl2FN3O5S. The number of carbonyl (C=O) groups excluding carboxylic acids is 2. The molecule has 0 saturated carbocycles. The molecule has 2 aliphatic heterocycles. The van der Waals surface area contributed by atoms with Crippen LogP contribution in [0.5, 0.6) is 11.5 Å². The van der Waals surface area contributed by atoms with E-state index in [9.17, 15) is 9.59 Å². The largest absolute Gasteiger partial charge is 0.494 e. The van der Waals surface area contributed by atoms with Crippen LogP contribution in [0.25, 0.3) is 0 Å². The first-order valence-corrected chi connectivity index (χ1v) is 16.6. The fourth-order valence-corrected chi connectivity index (χ4v) is 6.93. The average Bonchev–Trinajstić information content (AvgIpc) is 3.43. The Kier molecular flexibility index (Phi) is 9.79. The number of amides is 2.